The Morgan fingerprint density at radius 2 is 1.67 bits per heavy atom. The minimum Gasteiger partial charge on any atom is -0.465 e. The molecule has 1 heterocycles. The third-order valence-electron chi connectivity index (χ3n) is 4.00. The number of benzene rings is 2. The largest absolute Gasteiger partial charge is 0.465 e. The van der Waals surface area contributed by atoms with E-state index in [1.807, 2.05) is 60.1 Å². The van der Waals surface area contributed by atoms with Gasteiger partial charge in [0.15, 0.2) is 0 Å². The normalized spacial score (nSPS) is 10.6. The number of hydrogen-bond acceptors (Lipinski definition) is 3. The van der Waals surface area contributed by atoms with Crippen LogP contribution in [0.1, 0.15) is 28.5 Å². The van der Waals surface area contributed by atoms with Gasteiger partial charge in [0.1, 0.15) is 11.3 Å². The lowest BCUT2D eigenvalue weighted by Crippen LogP contribution is -2.09. The average molecular weight is 320 g/mol. The fraction of sp³-hybridized carbons (Fsp3) is 0.200. The van der Waals surface area contributed by atoms with Crippen molar-refractivity contribution in [2.75, 3.05) is 7.11 Å². The van der Waals surface area contributed by atoms with Gasteiger partial charge in [0.25, 0.3) is 0 Å². The van der Waals surface area contributed by atoms with Crippen LogP contribution >= 0.6 is 0 Å². The third-order valence-corrected chi connectivity index (χ3v) is 4.00. The van der Waals surface area contributed by atoms with Crippen molar-refractivity contribution in [1.82, 2.24) is 9.78 Å². The number of hydrogen-bond donors (Lipinski definition) is 0. The smallest absolute Gasteiger partial charge is 0.342 e. The Bertz CT molecular complexity index is 824. The standard InChI is InChI=1S/C20H20N2O2/c1-3-17-18(20(23)24-2)19(16-12-8-5-9-13-16)21-22(17)14-15-10-6-4-7-11-15/h4-13H,3,14H2,1-2H3. The lowest BCUT2D eigenvalue weighted by Gasteiger charge is -2.07. The van der Waals surface area contributed by atoms with Crippen molar-refractivity contribution in [3.05, 3.63) is 77.5 Å². The molecule has 0 atom stereocenters. The summed E-state index contributed by atoms with van der Waals surface area (Å²) in [6.45, 7) is 2.65. The van der Waals surface area contributed by atoms with E-state index < -0.39 is 0 Å². The molecule has 0 unspecified atom stereocenters. The van der Waals surface area contributed by atoms with E-state index in [1.165, 1.54) is 7.11 Å². The minimum atomic E-state index is -0.343. The Morgan fingerprint density at radius 3 is 2.25 bits per heavy atom. The van der Waals surface area contributed by atoms with Crippen LogP contribution < -0.4 is 0 Å². The highest BCUT2D eigenvalue weighted by molar-refractivity contribution is 5.97. The van der Waals surface area contributed by atoms with Gasteiger partial charge in [0.2, 0.25) is 0 Å². The molecular formula is C20H20N2O2. The van der Waals surface area contributed by atoms with E-state index in [4.69, 9.17) is 9.84 Å². The molecule has 0 saturated heterocycles. The Hall–Kier alpha value is -2.88. The zero-order chi connectivity index (χ0) is 16.9. The summed E-state index contributed by atoms with van der Waals surface area (Å²) in [4.78, 5) is 12.4. The summed E-state index contributed by atoms with van der Waals surface area (Å²) in [5, 5.41) is 4.73. The van der Waals surface area contributed by atoms with Crippen molar-refractivity contribution in [2.24, 2.45) is 0 Å². The highest BCUT2D eigenvalue weighted by Gasteiger charge is 2.24. The third kappa shape index (κ3) is 3.08. The molecule has 0 aliphatic heterocycles. The molecule has 3 rings (SSSR count). The van der Waals surface area contributed by atoms with Gasteiger partial charge in [-0.3, -0.25) is 4.68 Å². The van der Waals surface area contributed by atoms with Crippen molar-refractivity contribution < 1.29 is 9.53 Å². The van der Waals surface area contributed by atoms with Crippen LogP contribution in [-0.2, 0) is 17.7 Å². The first kappa shape index (κ1) is 16.0. The number of aromatic nitrogens is 2. The van der Waals surface area contributed by atoms with Crippen LogP contribution in [0, 0.1) is 0 Å². The Kier molecular flexibility index (Phi) is 4.75. The van der Waals surface area contributed by atoms with Crippen LogP contribution in [0.3, 0.4) is 0 Å². The van der Waals surface area contributed by atoms with Crippen molar-refractivity contribution in [3.63, 3.8) is 0 Å². The summed E-state index contributed by atoms with van der Waals surface area (Å²) < 4.78 is 6.92. The Morgan fingerprint density at radius 1 is 1.04 bits per heavy atom. The van der Waals surface area contributed by atoms with Crippen molar-refractivity contribution in [3.8, 4) is 11.3 Å². The summed E-state index contributed by atoms with van der Waals surface area (Å²) in [6, 6.07) is 19.9. The fourth-order valence-corrected chi connectivity index (χ4v) is 2.86. The van der Waals surface area contributed by atoms with E-state index in [2.05, 4.69) is 12.1 Å². The molecule has 4 heteroatoms. The summed E-state index contributed by atoms with van der Waals surface area (Å²) in [6.07, 6.45) is 0.705. The molecule has 2 aromatic carbocycles. The first-order valence-corrected chi connectivity index (χ1v) is 8.02. The van der Waals surface area contributed by atoms with Gasteiger partial charge in [-0.15, -0.1) is 0 Å². The van der Waals surface area contributed by atoms with E-state index in [0.717, 1.165) is 16.8 Å². The zero-order valence-corrected chi connectivity index (χ0v) is 13.9. The molecule has 0 N–H and O–H groups in total. The first-order chi connectivity index (χ1) is 11.7. The lowest BCUT2D eigenvalue weighted by atomic mass is 10.0. The highest BCUT2D eigenvalue weighted by atomic mass is 16.5. The quantitative estimate of drug-likeness (QED) is 0.669. The SMILES string of the molecule is CCc1c(C(=O)OC)c(-c2ccccc2)nn1Cc1ccccc1. The number of nitrogens with zero attached hydrogens (tertiary/aromatic N) is 2. The van der Waals surface area contributed by atoms with Gasteiger partial charge in [-0.2, -0.15) is 5.10 Å². The van der Waals surface area contributed by atoms with Crippen LogP contribution in [-0.4, -0.2) is 22.9 Å². The molecule has 0 bridgehead atoms. The van der Waals surface area contributed by atoms with E-state index in [-0.39, 0.29) is 5.97 Å². The average Bonchev–Trinajstić information content (AvgIpc) is 3.01. The van der Waals surface area contributed by atoms with Gasteiger partial charge in [-0.25, -0.2) is 4.79 Å². The first-order valence-electron chi connectivity index (χ1n) is 8.02. The van der Waals surface area contributed by atoms with E-state index in [9.17, 15) is 4.79 Å². The van der Waals surface area contributed by atoms with Gasteiger partial charge in [-0.1, -0.05) is 67.6 Å². The maximum atomic E-state index is 12.4. The molecule has 0 fully saturated rings. The van der Waals surface area contributed by atoms with Crippen molar-refractivity contribution in [2.45, 2.75) is 19.9 Å². The fourth-order valence-electron chi connectivity index (χ4n) is 2.86. The number of carbonyl (C=O) groups excluding carboxylic acids is 1. The van der Waals surface area contributed by atoms with Crippen LogP contribution in [0.2, 0.25) is 0 Å². The Balaban J connectivity index is 2.13. The number of rotatable bonds is 5. The van der Waals surface area contributed by atoms with Crippen molar-refractivity contribution in [1.29, 1.82) is 0 Å². The lowest BCUT2D eigenvalue weighted by molar-refractivity contribution is 0.0600. The number of esters is 1. The molecule has 0 spiro atoms. The van der Waals surface area contributed by atoms with Gasteiger partial charge >= 0.3 is 5.97 Å². The van der Waals surface area contributed by atoms with Gasteiger partial charge in [0.05, 0.1) is 19.3 Å². The van der Waals surface area contributed by atoms with Crippen molar-refractivity contribution >= 4 is 5.97 Å². The number of carbonyl (C=O) groups is 1. The maximum absolute atomic E-state index is 12.4. The zero-order valence-electron chi connectivity index (χ0n) is 13.9. The number of methoxy groups -OCH3 is 1. The maximum Gasteiger partial charge on any atom is 0.342 e. The van der Waals surface area contributed by atoms with Gasteiger partial charge < -0.3 is 4.74 Å². The van der Waals surface area contributed by atoms with Gasteiger partial charge in [-0.05, 0) is 12.0 Å². The predicted octanol–water partition coefficient (Wildman–Crippen LogP) is 3.95. The van der Waals surface area contributed by atoms with Crippen LogP contribution in [0.25, 0.3) is 11.3 Å². The van der Waals surface area contributed by atoms with E-state index in [1.54, 1.807) is 0 Å². The molecule has 4 nitrogen and oxygen atoms in total. The molecule has 0 saturated carbocycles. The van der Waals surface area contributed by atoms with Crippen LogP contribution in [0.4, 0.5) is 0 Å². The molecule has 3 aromatic rings. The second-order valence-corrected chi connectivity index (χ2v) is 5.52. The predicted molar refractivity (Wildman–Crippen MR) is 93.9 cm³/mol. The summed E-state index contributed by atoms with van der Waals surface area (Å²) in [5.41, 5.74) is 4.19. The minimum absolute atomic E-state index is 0.343. The van der Waals surface area contributed by atoms with Crippen LogP contribution in [0.5, 0.6) is 0 Å². The van der Waals surface area contributed by atoms with Gasteiger partial charge in [0, 0.05) is 5.56 Å². The topological polar surface area (TPSA) is 44.1 Å². The number of ether oxygens (including phenoxy) is 1. The summed E-state index contributed by atoms with van der Waals surface area (Å²) >= 11 is 0. The molecule has 24 heavy (non-hydrogen) atoms. The monoisotopic (exact) mass is 320 g/mol. The molecule has 0 aliphatic rings. The van der Waals surface area contributed by atoms with Crippen LogP contribution in [0.15, 0.2) is 60.7 Å². The highest BCUT2D eigenvalue weighted by Crippen LogP contribution is 2.27. The molecule has 1 aromatic heterocycles. The molecule has 0 radical (unpaired) electrons. The summed E-state index contributed by atoms with van der Waals surface area (Å²) in [7, 11) is 1.41. The molecule has 0 aliphatic carbocycles. The Labute approximate surface area is 141 Å². The summed E-state index contributed by atoms with van der Waals surface area (Å²) in [5.74, 6) is -0.343. The molecule has 0 amide bonds. The van der Waals surface area contributed by atoms with E-state index >= 15 is 0 Å². The second kappa shape index (κ2) is 7.13. The molecule has 122 valence electrons. The molecular weight excluding hydrogens is 300 g/mol. The second-order valence-electron chi connectivity index (χ2n) is 5.52. The van der Waals surface area contributed by atoms with E-state index in [0.29, 0.717) is 24.2 Å².